The Balaban J connectivity index is 2.72. The van der Waals surface area contributed by atoms with Crippen LogP contribution in [0.5, 0.6) is 0 Å². The van der Waals surface area contributed by atoms with Crippen molar-refractivity contribution in [3.63, 3.8) is 0 Å². The Kier molecular flexibility index (Phi) is 3.53. The predicted octanol–water partition coefficient (Wildman–Crippen LogP) is 1.40. The molecule has 0 radical (unpaired) electrons. The number of carbonyl (C=O) groups excluding carboxylic acids is 1. The second-order valence-electron chi connectivity index (χ2n) is 4.72. The van der Waals surface area contributed by atoms with E-state index in [9.17, 15) is 9.90 Å². The highest BCUT2D eigenvalue weighted by atomic mass is 16.3. The lowest BCUT2D eigenvalue weighted by atomic mass is 9.93. The van der Waals surface area contributed by atoms with Crippen LogP contribution >= 0.6 is 0 Å². The summed E-state index contributed by atoms with van der Waals surface area (Å²) >= 11 is 0. The number of aliphatic hydroxyl groups is 1. The molecule has 1 rings (SSSR count). The number of nitrogens with zero attached hydrogens (tertiary/aromatic N) is 1. The van der Waals surface area contributed by atoms with Crippen molar-refractivity contribution in [2.75, 3.05) is 0 Å². The van der Waals surface area contributed by atoms with Crippen LogP contribution in [-0.4, -0.2) is 34.1 Å². The largest absolute Gasteiger partial charge is 0.393 e. The van der Waals surface area contributed by atoms with Crippen LogP contribution in [0.15, 0.2) is 0 Å². The monoisotopic (exact) mass is 199 g/mol. The van der Waals surface area contributed by atoms with Crippen LogP contribution in [0.4, 0.5) is 0 Å². The van der Waals surface area contributed by atoms with Crippen LogP contribution < -0.4 is 0 Å². The third-order valence-electron chi connectivity index (χ3n) is 2.92. The Morgan fingerprint density at radius 2 is 1.71 bits per heavy atom. The summed E-state index contributed by atoms with van der Waals surface area (Å²) in [5.41, 5.74) is 0. The van der Waals surface area contributed by atoms with Gasteiger partial charge in [0.1, 0.15) is 0 Å². The van der Waals surface area contributed by atoms with Gasteiger partial charge in [-0.2, -0.15) is 0 Å². The molecular weight excluding hydrogens is 178 g/mol. The summed E-state index contributed by atoms with van der Waals surface area (Å²) in [5, 5.41) is 9.55. The highest BCUT2D eigenvalue weighted by Gasteiger charge is 2.33. The van der Waals surface area contributed by atoms with Crippen molar-refractivity contribution in [1.29, 1.82) is 0 Å². The first kappa shape index (κ1) is 11.5. The van der Waals surface area contributed by atoms with Crippen LogP contribution in [-0.2, 0) is 4.79 Å². The van der Waals surface area contributed by atoms with Crippen LogP contribution in [0.2, 0.25) is 0 Å². The molecule has 82 valence electrons. The van der Waals surface area contributed by atoms with Crippen molar-refractivity contribution in [1.82, 2.24) is 4.90 Å². The van der Waals surface area contributed by atoms with E-state index in [1.54, 1.807) is 0 Å². The van der Waals surface area contributed by atoms with Gasteiger partial charge in [0.05, 0.1) is 6.10 Å². The molecule has 1 saturated heterocycles. The SMILES string of the molecule is CC(C)C(=O)N1[C@H](C)CC(O)C[C@@H]1C. The lowest BCUT2D eigenvalue weighted by Crippen LogP contribution is -2.52. The average molecular weight is 199 g/mol. The zero-order valence-corrected chi connectivity index (χ0v) is 9.53. The van der Waals surface area contributed by atoms with Crippen molar-refractivity contribution in [2.24, 2.45) is 5.92 Å². The summed E-state index contributed by atoms with van der Waals surface area (Å²) in [6.07, 6.45) is 1.18. The molecule has 1 aliphatic rings. The van der Waals surface area contributed by atoms with Gasteiger partial charge >= 0.3 is 0 Å². The third-order valence-corrected chi connectivity index (χ3v) is 2.92. The number of hydrogen-bond donors (Lipinski definition) is 1. The van der Waals surface area contributed by atoms with E-state index in [0.29, 0.717) is 12.8 Å². The number of likely N-dealkylation sites (tertiary alicyclic amines) is 1. The molecule has 0 aromatic heterocycles. The minimum absolute atomic E-state index is 0.0511. The first-order chi connectivity index (χ1) is 6.43. The van der Waals surface area contributed by atoms with Gasteiger partial charge in [0, 0.05) is 18.0 Å². The van der Waals surface area contributed by atoms with Gasteiger partial charge in [-0.15, -0.1) is 0 Å². The number of rotatable bonds is 1. The third kappa shape index (κ3) is 2.27. The second kappa shape index (κ2) is 4.30. The molecule has 1 N–H and O–H groups in total. The van der Waals surface area contributed by atoms with Crippen molar-refractivity contribution >= 4 is 5.91 Å². The maximum Gasteiger partial charge on any atom is 0.225 e. The fourth-order valence-electron chi connectivity index (χ4n) is 2.28. The molecule has 1 amide bonds. The zero-order valence-electron chi connectivity index (χ0n) is 9.53. The summed E-state index contributed by atoms with van der Waals surface area (Å²) in [6.45, 7) is 7.87. The summed E-state index contributed by atoms with van der Waals surface area (Å²) < 4.78 is 0. The fraction of sp³-hybridized carbons (Fsp3) is 0.909. The molecule has 0 aromatic rings. The van der Waals surface area contributed by atoms with E-state index in [0.717, 1.165) is 0 Å². The Morgan fingerprint density at radius 3 is 2.07 bits per heavy atom. The van der Waals surface area contributed by atoms with E-state index in [1.165, 1.54) is 0 Å². The van der Waals surface area contributed by atoms with Crippen molar-refractivity contribution in [3.05, 3.63) is 0 Å². The lowest BCUT2D eigenvalue weighted by molar-refractivity contribution is -0.142. The van der Waals surface area contributed by atoms with E-state index in [4.69, 9.17) is 0 Å². The van der Waals surface area contributed by atoms with Gasteiger partial charge in [0.25, 0.3) is 0 Å². The molecule has 1 heterocycles. The van der Waals surface area contributed by atoms with Crippen LogP contribution in [0.3, 0.4) is 0 Å². The number of amides is 1. The van der Waals surface area contributed by atoms with Crippen molar-refractivity contribution in [2.45, 2.75) is 58.7 Å². The molecule has 14 heavy (non-hydrogen) atoms. The molecule has 0 aliphatic carbocycles. The Morgan fingerprint density at radius 1 is 1.29 bits per heavy atom. The van der Waals surface area contributed by atoms with Gasteiger partial charge in [0.15, 0.2) is 0 Å². The molecule has 3 atom stereocenters. The van der Waals surface area contributed by atoms with Crippen LogP contribution in [0.25, 0.3) is 0 Å². The summed E-state index contributed by atoms with van der Waals surface area (Å²) in [5.74, 6) is 0.257. The Labute approximate surface area is 86.1 Å². The first-order valence-electron chi connectivity index (χ1n) is 5.43. The molecule has 0 aromatic carbocycles. The maximum atomic E-state index is 11.9. The van der Waals surface area contributed by atoms with Crippen molar-refractivity contribution in [3.8, 4) is 0 Å². The topological polar surface area (TPSA) is 40.5 Å². The molecular formula is C11H21NO2. The van der Waals surface area contributed by atoms with Gasteiger partial charge < -0.3 is 10.0 Å². The standard InChI is InChI=1S/C11H21NO2/c1-7(2)11(14)12-8(3)5-10(13)6-9(12)4/h7-10,13H,5-6H2,1-4H3/t8-,9+,10?. The molecule has 1 fully saturated rings. The number of hydrogen-bond acceptors (Lipinski definition) is 2. The average Bonchev–Trinajstić information content (AvgIpc) is 2.01. The van der Waals surface area contributed by atoms with Gasteiger partial charge in [-0.1, -0.05) is 13.8 Å². The predicted molar refractivity (Wildman–Crippen MR) is 55.8 cm³/mol. The van der Waals surface area contributed by atoms with Gasteiger partial charge in [0.2, 0.25) is 5.91 Å². The number of piperidine rings is 1. The molecule has 0 saturated carbocycles. The smallest absolute Gasteiger partial charge is 0.225 e. The Bertz CT molecular complexity index is 203. The molecule has 3 heteroatoms. The molecule has 1 unspecified atom stereocenters. The zero-order chi connectivity index (χ0) is 10.9. The number of carbonyl (C=O) groups is 1. The van der Waals surface area contributed by atoms with Gasteiger partial charge in [-0.25, -0.2) is 0 Å². The summed E-state index contributed by atoms with van der Waals surface area (Å²) in [7, 11) is 0. The van der Waals surface area contributed by atoms with E-state index in [-0.39, 0.29) is 30.0 Å². The minimum atomic E-state index is -0.240. The summed E-state index contributed by atoms with van der Waals surface area (Å²) in [4.78, 5) is 13.8. The molecule has 0 spiro atoms. The van der Waals surface area contributed by atoms with Crippen molar-refractivity contribution < 1.29 is 9.90 Å². The Hall–Kier alpha value is -0.570. The quantitative estimate of drug-likeness (QED) is 0.693. The normalized spacial score (nSPS) is 33.6. The lowest BCUT2D eigenvalue weighted by Gasteiger charge is -2.42. The first-order valence-corrected chi connectivity index (χ1v) is 5.43. The molecule has 0 bridgehead atoms. The highest BCUT2D eigenvalue weighted by Crippen LogP contribution is 2.24. The van der Waals surface area contributed by atoms with E-state index >= 15 is 0 Å². The second-order valence-corrected chi connectivity index (χ2v) is 4.72. The number of aliphatic hydroxyl groups excluding tert-OH is 1. The molecule has 1 aliphatic heterocycles. The van der Waals surface area contributed by atoms with E-state index in [2.05, 4.69) is 0 Å². The molecule has 3 nitrogen and oxygen atoms in total. The van der Waals surface area contributed by atoms with E-state index < -0.39 is 0 Å². The van der Waals surface area contributed by atoms with Gasteiger partial charge in [-0.3, -0.25) is 4.79 Å². The van der Waals surface area contributed by atoms with E-state index in [1.807, 2.05) is 32.6 Å². The maximum absolute atomic E-state index is 11.9. The van der Waals surface area contributed by atoms with Crippen LogP contribution in [0, 0.1) is 5.92 Å². The van der Waals surface area contributed by atoms with Crippen LogP contribution in [0.1, 0.15) is 40.5 Å². The highest BCUT2D eigenvalue weighted by molar-refractivity contribution is 5.78. The fourth-order valence-corrected chi connectivity index (χ4v) is 2.28. The van der Waals surface area contributed by atoms with Gasteiger partial charge in [-0.05, 0) is 26.7 Å². The summed E-state index contributed by atoms with van der Waals surface area (Å²) in [6, 6.07) is 0.340. The minimum Gasteiger partial charge on any atom is -0.393 e.